The van der Waals surface area contributed by atoms with Crippen LogP contribution in [0.1, 0.15) is 22.3 Å². The molecule has 0 N–H and O–H groups in total. The summed E-state index contributed by atoms with van der Waals surface area (Å²) in [5.74, 6) is 0. The lowest BCUT2D eigenvalue weighted by Crippen LogP contribution is -2.05. The summed E-state index contributed by atoms with van der Waals surface area (Å²) in [4.78, 5) is 42.2. The van der Waals surface area contributed by atoms with Crippen molar-refractivity contribution >= 4 is 292 Å². The van der Waals surface area contributed by atoms with Crippen LogP contribution in [0.5, 0.6) is 0 Å². The van der Waals surface area contributed by atoms with Crippen molar-refractivity contribution in [3.05, 3.63) is 132 Å². The molecule has 88 heavy (non-hydrogen) atoms. The second-order valence-electron chi connectivity index (χ2n) is 27.0. The van der Waals surface area contributed by atoms with Crippen LogP contribution in [0.15, 0.2) is 110 Å². The van der Waals surface area contributed by atoms with E-state index in [1.54, 1.807) is 25.3 Å². The van der Waals surface area contributed by atoms with Gasteiger partial charge in [0.1, 0.15) is 47.4 Å². The van der Waals surface area contributed by atoms with Crippen LogP contribution in [0.3, 0.4) is 0 Å². The van der Waals surface area contributed by atoms with Crippen LogP contribution in [0.25, 0.3) is 292 Å². The minimum absolute atomic E-state index is 0.892. The average molecular weight is 1100 g/mol. The van der Waals surface area contributed by atoms with Crippen LogP contribution in [-0.2, 0) is 0 Å². The van der Waals surface area contributed by atoms with Gasteiger partial charge in [0.25, 0.3) is 0 Å². The van der Waals surface area contributed by atoms with Gasteiger partial charge in [-0.3, -0.25) is 0 Å². The van der Waals surface area contributed by atoms with Gasteiger partial charge in [-0.25, -0.2) is 39.9 Å². The Balaban J connectivity index is 1.02. The molecule has 0 saturated heterocycles. The van der Waals surface area contributed by atoms with Gasteiger partial charge in [0.2, 0.25) is 0 Å². The fraction of sp³-hybridized carbons (Fsp3) is 0.0500. The summed E-state index contributed by atoms with van der Waals surface area (Å²) < 4.78 is 0. The monoisotopic (exact) mass is 1100 g/mol. The highest BCUT2D eigenvalue weighted by atomic mass is 14.9. The van der Waals surface area contributed by atoms with E-state index in [2.05, 4.69) is 113 Å². The van der Waals surface area contributed by atoms with E-state index in [1.807, 2.05) is 0 Å². The first-order valence-corrected chi connectivity index (χ1v) is 30.7. The van der Waals surface area contributed by atoms with Crippen molar-refractivity contribution in [3.63, 3.8) is 0 Å². The highest BCUT2D eigenvalue weighted by Gasteiger charge is 2.39. The van der Waals surface area contributed by atoms with Crippen LogP contribution < -0.4 is 0 Å². The molecule has 8 nitrogen and oxygen atoms in total. The van der Waals surface area contributed by atoms with Gasteiger partial charge in [-0.05, 0) is 202 Å². The van der Waals surface area contributed by atoms with Gasteiger partial charge in [0, 0.05) is 108 Å². The molecule has 4 heterocycles. The summed E-state index contributed by atoms with van der Waals surface area (Å²) in [6, 6.07) is 34.2. The van der Waals surface area contributed by atoms with Gasteiger partial charge in [-0.1, -0.05) is 72.8 Å². The van der Waals surface area contributed by atoms with Crippen LogP contribution in [0.4, 0.5) is 0 Å². The molecule has 8 heteroatoms. The largest absolute Gasteiger partial charge is 0.236 e. The Morgan fingerprint density at radius 1 is 0.148 bits per heavy atom. The SMILES string of the molecule is Cc1ccc2c3ncnc4c5ncnc6c7ccc8c9cc%10c%11ccc(C)c%12c%13c(C)ccc%14c%15ncnc%16c%17ncnc%18c%19ccc%20c%21cc%22c%23ccc(C)c%24c1c2c1c(c34)c(c65)c2c7c8c(c%21c9c3c%20c%19c4c(c%18%17)c(c%15%16)c(c%14%13)c(c%11%12)c4c%103)c%22c2c1c%23%24. The third-order valence-corrected chi connectivity index (χ3v) is 24.0. The van der Waals surface area contributed by atoms with Gasteiger partial charge in [0.05, 0.1) is 22.1 Å². The summed E-state index contributed by atoms with van der Waals surface area (Å²) in [6.45, 7) is 9.30. The smallest absolute Gasteiger partial charge is 0.116 e. The molecule has 0 saturated carbocycles. The highest BCUT2D eigenvalue weighted by molar-refractivity contribution is 6.68. The van der Waals surface area contributed by atoms with E-state index in [0.29, 0.717) is 0 Å². The van der Waals surface area contributed by atoms with Crippen LogP contribution in [0.2, 0.25) is 0 Å². The van der Waals surface area contributed by atoms with Crippen molar-refractivity contribution in [2.75, 3.05) is 0 Å². The van der Waals surface area contributed by atoms with Gasteiger partial charge in [-0.2, -0.15) is 0 Å². The standard InChI is InChI=1S/C80H30N8/c1-23-5-9-27-37-17-35-29-13-16-34-50-46(29)56-52-36(18-38-28-10-6-24(2)40-42-26(4)8-12-32-48(42)60-58(44(28)40)64(54(38)56)62(50)68-66(60)70-74(32)82-20-86-78(70)80-72(68)76(34)84-22-88-80)30-14-15-33-49-45(30)55(51(35)52)53(37)63-57-43(27)39(23)41-25(3)7-11-31-47(41)59(57)65-67(61(49)63)71-75(33)83-21-87-79(71)77-69(65)73(31)81-19-85-77/h5-22H,1-4H3. The number of benzene rings is 24. The summed E-state index contributed by atoms with van der Waals surface area (Å²) in [5, 5.41) is 59.2. The van der Waals surface area contributed by atoms with E-state index in [9.17, 15) is 0 Å². The zero-order valence-electron chi connectivity index (χ0n) is 47.0. The maximum Gasteiger partial charge on any atom is 0.116 e. The van der Waals surface area contributed by atoms with Gasteiger partial charge in [0.15, 0.2) is 0 Å². The lowest BCUT2D eigenvalue weighted by molar-refractivity contribution is 1.24. The summed E-state index contributed by atoms with van der Waals surface area (Å²) in [6.07, 6.45) is 7.10. The zero-order chi connectivity index (χ0) is 55.9. The Bertz CT molecular complexity index is 7770. The van der Waals surface area contributed by atoms with E-state index in [0.717, 1.165) is 76.5 Å². The molecule has 0 unspecified atom stereocenters. The topological polar surface area (TPSA) is 103 Å². The number of aryl methyl sites for hydroxylation is 4. The van der Waals surface area contributed by atoms with Crippen molar-refractivity contribution in [3.8, 4) is 0 Å². The molecule has 28 rings (SSSR count). The molecule has 4 aromatic heterocycles. The Kier molecular flexibility index (Phi) is 5.46. The molecule has 390 valence electrons. The molecule has 28 aromatic rings. The van der Waals surface area contributed by atoms with E-state index in [4.69, 9.17) is 39.9 Å². The minimum Gasteiger partial charge on any atom is -0.236 e. The Hall–Kier alpha value is -11.5. The van der Waals surface area contributed by atoms with Crippen molar-refractivity contribution in [1.82, 2.24) is 39.9 Å². The lowest BCUT2D eigenvalue weighted by Gasteiger charge is -2.32. The van der Waals surface area contributed by atoms with E-state index in [1.165, 1.54) is 238 Å². The third-order valence-electron chi connectivity index (χ3n) is 24.0. The van der Waals surface area contributed by atoms with Crippen molar-refractivity contribution in [2.45, 2.75) is 27.7 Å². The fourth-order valence-corrected chi connectivity index (χ4v) is 21.4. The molecule has 0 atom stereocenters. The van der Waals surface area contributed by atoms with Crippen molar-refractivity contribution in [1.29, 1.82) is 0 Å². The molecular formula is C80H30N8. The Morgan fingerprint density at radius 3 is 0.614 bits per heavy atom. The number of rotatable bonds is 0. The Morgan fingerprint density at radius 2 is 0.318 bits per heavy atom. The minimum atomic E-state index is 0.892. The number of nitrogens with zero attached hydrogens (tertiary/aromatic N) is 8. The predicted octanol–water partition coefficient (Wildman–Crippen LogP) is 20.8. The average Bonchev–Trinajstić information content (AvgIpc) is 0.637. The quantitative estimate of drug-likeness (QED) is 0.109. The zero-order valence-corrected chi connectivity index (χ0v) is 47.0. The van der Waals surface area contributed by atoms with E-state index < -0.39 is 0 Å². The number of hydrogen-bond acceptors (Lipinski definition) is 8. The molecule has 0 bridgehead atoms. The first-order chi connectivity index (χ1) is 43.4. The Labute approximate surface area is 489 Å². The molecule has 0 spiro atoms. The summed E-state index contributed by atoms with van der Waals surface area (Å²) in [7, 11) is 0. The second-order valence-corrected chi connectivity index (χ2v) is 27.0. The first kappa shape index (κ1) is 40.7. The van der Waals surface area contributed by atoms with Gasteiger partial charge in [-0.15, -0.1) is 0 Å². The molecule has 0 aliphatic heterocycles. The summed E-state index contributed by atoms with van der Waals surface area (Å²) >= 11 is 0. The number of fused-ring (bicyclic) bond motifs is 12. The highest BCUT2D eigenvalue weighted by Crippen LogP contribution is 2.67. The van der Waals surface area contributed by atoms with Crippen molar-refractivity contribution in [2.24, 2.45) is 0 Å². The first-order valence-electron chi connectivity index (χ1n) is 30.7. The number of aromatic nitrogens is 8. The molecule has 0 aliphatic rings. The van der Waals surface area contributed by atoms with E-state index >= 15 is 0 Å². The molecule has 0 radical (unpaired) electrons. The maximum absolute atomic E-state index is 5.40. The molecule has 0 amide bonds. The molecular weight excluding hydrogens is 1070 g/mol. The van der Waals surface area contributed by atoms with E-state index in [-0.39, 0.29) is 0 Å². The van der Waals surface area contributed by atoms with Crippen molar-refractivity contribution < 1.29 is 0 Å². The summed E-state index contributed by atoms with van der Waals surface area (Å²) in [5.41, 5.74) is 12.6. The van der Waals surface area contributed by atoms with Gasteiger partial charge < -0.3 is 0 Å². The molecule has 0 fully saturated rings. The lowest BCUT2D eigenvalue weighted by atomic mass is 9.70. The molecule has 0 aliphatic carbocycles. The van der Waals surface area contributed by atoms with Crippen LogP contribution >= 0.6 is 0 Å². The molecule has 24 aromatic carbocycles. The van der Waals surface area contributed by atoms with Gasteiger partial charge >= 0.3 is 0 Å². The third kappa shape index (κ3) is 3.43. The number of hydrogen-bond donors (Lipinski definition) is 0. The fourth-order valence-electron chi connectivity index (χ4n) is 21.4. The maximum atomic E-state index is 5.40. The van der Waals surface area contributed by atoms with Crippen LogP contribution in [-0.4, -0.2) is 39.9 Å². The second kappa shape index (κ2) is 11.8. The van der Waals surface area contributed by atoms with Crippen LogP contribution in [0, 0.1) is 27.7 Å². The predicted molar refractivity (Wildman–Crippen MR) is 368 cm³/mol. The normalized spacial score (nSPS) is 14.4.